The van der Waals surface area contributed by atoms with E-state index in [1.54, 1.807) is 4.57 Å². The van der Waals surface area contributed by atoms with E-state index < -0.39 is 6.29 Å². The summed E-state index contributed by atoms with van der Waals surface area (Å²) in [5, 5.41) is 0. The molecule has 0 aromatic carbocycles. The van der Waals surface area contributed by atoms with Crippen molar-refractivity contribution in [1.82, 2.24) is 19.5 Å². The van der Waals surface area contributed by atoms with Crippen molar-refractivity contribution in [2.24, 2.45) is 5.92 Å². The molecule has 1 aliphatic heterocycles. The van der Waals surface area contributed by atoms with E-state index in [0.717, 1.165) is 0 Å². The van der Waals surface area contributed by atoms with Crippen LogP contribution in [0.4, 0.5) is 5.95 Å². The summed E-state index contributed by atoms with van der Waals surface area (Å²) in [5.41, 5.74) is 5.90. The maximum Gasteiger partial charge on any atom is 0.280 e. The summed E-state index contributed by atoms with van der Waals surface area (Å²) >= 11 is 0. The minimum absolute atomic E-state index is 0.0415. The number of hydrogen-bond acceptors (Lipinski definition) is 7. The van der Waals surface area contributed by atoms with E-state index in [1.807, 2.05) is 13.8 Å². The number of fused-ring (bicyclic) bond motifs is 1. The number of anilines is 1. The number of H-pyrrole nitrogens is 1. The average Bonchev–Trinajstić information content (AvgIpc) is 3.08. The predicted molar refractivity (Wildman–Crippen MR) is 91.9 cm³/mol. The number of aromatic amines is 1. The third kappa shape index (κ3) is 3.83. The Hall–Kier alpha value is -1.97. The van der Waals surface area contributed by atoms with Crippen LogP contribution in [0.3, 0.4) is 0 Å². The van der Waals surface area contributed by atoms with Crippen molar-refractivity contribution in [3.05, 3.63) is 16.7 Å². The van der Waals surface area contributed by atoms with Crippen LogP contribution in [-0.4, -0.2) is 44.6 Å². The molecule has 1 saturated heterocycles. The van der Waals surface area contributed by atoms with Gasteiger partial charge in [-0.1, -0.05) is 13.8 Å². The Balaban J connectivity index is 1.86. The molecule has 2 aromatic heterocycles. The summed E-state index contributed by atoms with van der Waals surface area (Å²) in [6.07, 6.45) is 1.08. The molecule has 9 nitrogen and oxygen atoms in total. The van der Waals surface area contributed by atoms with Gasteiger partial charge in [0.05, 0.1) is 19.0 Å². The lowest BCUT2D eigenvalue weighted by Crippen LogP contribution is -2.30. The van der Waals surface area contributed by atoms with E-state index in [4.69, 9.17) is 19.9 Å². The number of nitrogens with one attached hydrogen (secondary N) is 1. The Kier molecular flexibility index (Phi) is 5.07. The molecule has 1 unspecified atom stereocenters. The number of ether oxygens (including phenoxy) is 3. The standard InChI is InChI=1S/C16H25N5O4/c1-8(2)6-23-15-10(24-9(3)4)5-11(25-15)21-7-18-12-13(21)19-16(17)20-14(12)22/h7-11,15H,5-6H2,1-4H3,(H3,17,19,20,22)/t10-,11+,15?/m0/s1. The van der Waals surface area contributed by atoms with E-state index >= 15 is 0 Å². The quantitative estimate of drug-likeness (QED) is 0.808. The maximum absolute atomic E-state index is 11.9. The summed E-state index contributed by atoms with van der Waals surface area (Å²) in [7, 11) is 0. The van der Waals surface area contributed by atoms with Crippen molar-refractivity contribution in [2.75, 3.05) is 12.3 Å². The zero-order chi connectivity index (χ0) is 18.1. The SMILES string of the molecule is CC(C)COC1O[C@@H](n2cnc3c(=O)[nH]c(N)nc32)C[C@@H]1OC(C)C. The van der Waals surface area contributed by atoms with Crippen molar-refractivity contribution < 1.29 is 14.2 Å². The molecule has 3 heterocycles. The number of nitrogen functional groups attached to an aromatic ring is 1. The van der Waals surface area contributed by atoms with E-state index in [2.05, 4.69) is 28.8 Å². The highest BCUT2D eigenvalue weighted by atomic mass is 16.7. The third-order valence-corrected chi connectivity index (χ3v) is 3.83. The van der Waals surface area contributed by atoms with Gasteiger partial charge in [-0.3, -0.25) is 14.3 Å². The number of nitrogens with two attached hydrogens (primary N) is 1. The molecule has 0 radical (unpaired) electrons. The van der Waals surface area contributed by atoms with E-state index in [-0.39, 0.29) is 35.5 Å². The lowest BCUT2D eigenvalue weighted by Gasteiger charge is -2.22. The minimum Gasteiger partial charge on any atom is -0.370 e. The molecule has 3 rings (SSSR count). The highest BCUT2D eigenvalue weighted by Crippen LogP contribution is 2.33. The molecule has 0 bridgehead atoms. The molecule has 3 atom stereocenters. The molecular formula is C16H25N5O4. The van der Waals surface area contributed by atoms with Crippen LogP contribution in [0, 0.1) is 5.92 Å². The third-order valence-electron chi connectivity index (χ3n) is 3.83. The van der Waals surface area contributed by atoms with Gasteiger partial charge in [0.1, 0.15) is 12.3 Å². The van der Waals surface area contributed by atoms with Gasteiger partial charge in [-0.25, -0.2) is 4.98 Å². The fourth-order valence-electron chi connectivity index (χ4n) is 2.84. The van der Waals surface area contributed by atoms with Gasteiger partial charge in [0, 0.05) is 6.42 Å². The molecule has 0 saturated carbocycles. The predicted octanol–water partition coefficient (Wildman–Crippen LogP) is 1.41. The lowest BCUT2D eigenvalue weighted by atomic mass is 10.2. The van der Waals surface area contributed by atoms with Crippen LogP contribution in [0.5, 0.6) is 0 Å². The Labute approximate surface area is 145 Å². The minimum atomic E-state index is -0.480. The van der Waals surface area contributed by atoms with Crippen LogP contribution < -0.4 is 11.3 Å². The molecular weight excluding hydrogens is 326 g/mol. The normalized spacial score (nSPS) is 24.0. The Bertz CT molecular complexity index is 784. The molecule has 138 valence electrons. The van der Waals surface area contributed by atoms with Gasteiger partial charge in [-0.15, -0.1) is 0 Å². The number of imidazole rings is 1. The molecule has 3 N–H and O–H groups in total. The van der Waals surface area contributed by atoms with Gasteiger partial charge in [0.15, 0.2) is 17.5 Å². The second-order valence-electron chi connectivity index (χ2n) is 6.92. The van der Waals surface area contributed by atoms with Gasteiger partial charge in [-0.2, -0.15) is 4.98 Å². The molecule has 9 heteroatoms. The zero-order valence-corrected chi connectivity index (χ0v) is 14.9. The maximum atomic E-state index is 11.9. The second-order valence-corrected chi connectivity index (χ2v) is 6.92. The summed E-state index contributed by atoms with van der Waals surface area (Å²) < 4.78 is 19.6. The molecule has 1 aliphatic rings. The highest BCUT2D eigenvalue weighted by Gasteiger charge is 2.39. The molecule has 0 aliphatic carbocycles. The van der Waals surface area contributed by atoms with Crippen LogP contribution in [0.15, 0.2) is 11.1 Å². The average molecular weight is 351 g/mol. The molecule has 0 spiro atoms. The summed E-state index contributed by atoms with van der Waals surface area (Å²) in [6, 6.07) is 0. The summed E-state index contributed by atoms with van der Waals surface area (Å²) in [4.78, 5) is 22.7. The monoisotopic (exact) mass is 351 g/mol. The Morgan fingerprint density at radius 3 is 2.88 bits per heavy atom. The highest BCUT2D eigenvalue weighted by molar-refractivity contribution is 5.70. The van der Waals surface area contributed by atoms with Crippen LogP contribution in [0.25, 0.3) is 11.2 Å². The first-order chi connectivity index (χ1) is 11.8. The fraction of sp³-hybridized carbons (Fsp3) is 0.688. The van der Waals surface area contributed by atoms with Crippen LogP contribution in [-0.2, 0) is 14.2 Å². The Morgan fingerprint density at radius 2 is 2.20 bits per heavy atom. The van der Waals surface area contributed by atoms with Gasteiger partial charge < -0.3 is 19.9 Å². The zero-order valence-electron chi connectivity index (χ0n) is 14.9. The largest absolute Gasteiger partial charge is 0.370 e. The van der Waals surface area contributed by atoms with E-state index in [1.165, 1.54) is 6.33 Å². The van der Waals surface area contributed by atoms with Crippen LogP contribution in [0.2, 0.25) is 0 Å². The summed E-state index contributed by atoms with van der Waals surface area (Å²) in [5.74, 6) is 0.427. The van der Waals surface area contributed by atoms with Gasteiger partial charge in [0.25, 0.3) is 5.56 Å². The van der Waals surface area contributed by atoms with Crippen LogP contribution in [0.1, 0.15) is 40.3 Å². The topological polar surface area (TPSA) is 117 Å². The lowest BCUT2D eigenvalue weighted by molar-refractivity contribution is -0.195. The number of rotatable bonds is 6. The molecule has 2 aromatic rings. The van der Waals surface area contributed by atoms with Crippen molar-refractivity contribution in [2.45, 2.75) is 58.8 Å². The van der Waals surface area contributed by atoms with Gasteiger partial charge in [0.2, 0.25) is 5.95 Å². The molecule has 25 heavy (non-hydrogen) atoms. The first kappa shape index (κ1) is 17.8. The smallest absolute Gasteiger partial charge is 0.280 e. The Morgan fingerprint density at radius 1 is 1.44 bits per heavy atom. The van der Waals surface area contributed by atoms with Gasteiger partial charge in [-0.05, 0) is 19.8 Å². The van der Waals surface area contributed by atoms with Crippen LogP contribution >= 0.6 is 0 Å². The number of aromatic nitrogens is 4. The molecule has 1 fully saturated rings. The second kappa shape index (κ2) is 7.11. The first-order valence-electron chi connectivity index (χ1n) is 8.50. The van der Waals surface area contributed by atoms with Crippen molar-refractivity contribution in [3.63, 3.8) is 0 Å². The molecule has 0 amide bonds. The summed E-state index contributed by atoms with van der Waals surface area (Å²) in [6.45, 7) is 8.67. The number of hydrogen-bond donors (Lipinski definition) is 2. The van der Waals surface area contributed by atoms with Crippen molar-refractivity contribution in [3.8, 4) is 0 Å². The van der Waals surface area contributed by atoms with E-state index in [0.29, 0.717) is 24.6 Å². The van der Waals surface area contributed by atoms with E-state index in [9.17, 15) is 4.79 Å². The fourth-order valence-corrected chi connectivity index (χ4v) is 2.84. The first-order valence-corrected chi connectivity index (χ1v) is 8.50. The van der Waals surface area contributed by atoms with Gasteiger partial charge >= 0.3 is 0 Å². The number of nitrogens with zero attached hydrogens (tertiary/aromatic N) is 3. The van der Waals surface area contributed by atoms with Crippen molar-refractivity contribution >= 4 is 17.1 Å². The van der Waals surface area contributed by atoms with Crippen molar-refractivity contribution in [1.29, 1.82) is 0 Å².